The lowest BCUT2D eigenvalue weighted by Gasteiger charge is -2.36. The Bertz CT molecular complexity index is 770. The summed E-state index contributed by atoms with van der Waals surface area (Å²) in [5.41, 5.74) is 0.988. The van der Waals surface area contributed by atoms with Crippen LogP contribution in [0.3, 0.4) is 0 Å². The number of pyridine rings is 1. The second-order valence-electron chi connectivity index (χ2n) is 7.39. The van der Waals surface area contributed by atoms with Crippen molar-refractivity contribution in [3.05, 3.63) is 42.1 Å². The standard InChI is InChI=1S/C20H30N6O2/c1-15(2)18(25-8-10-28-11-9-25)14-24-20(27)23-13-17-4-5-22-19(12-17)26-7-6-21-16(26)3/h4-7,12,15,18H,8-11,13-14H2,1-3H3,(H2,23,24,27). The van der Waals surface area contributed by atoms with Crippen molar-refractivity contribution < 1.29 is 9.53 Å². The van der Waals surface area contributed by atoms with Gasteiger partial charge in [-0.2, -0.15) is 0 Å². The van der Waals surface area contributed by atoms with Gasteiger partial charge in [0, 0.05) is 50.8 Å². The smallest absolute Gasteiger partial charge is 0.315 e. The third-order valence-electron chi connectivity index (χ3n) is 5.09. The number of amides is 2. The SMILES string of the molecule is Cc1nccn1-c1cc(CNC(=O)NCC(C(C)C)N2CCOCC2)ccn1. The van der Waals surface area contributed by atoms with Gasteiger partial charge in [0.05, 0.1) is 13.2 Å². The number of hydrogen-bond donors (Lipinski definition) is 2. The summed E-state index contributed by atoms with van der Waals surface area (Å²) in [6.07, 6.45) is 5.37. The van der Waals surface area contributed by atoms with E-state index in [9.17, 15) is 4.79 Å². The molecule has 1 aliphatic rings. The Labute approximate surface area is 166 Å². The van der Waals surface area contributed by atoms with Gasteiger partial charge in [0.1, 0.15) is 11.6 Å². The Kier molecular flexibility index (Phi) is 7.00. The van der Waals surface area contributed by atoms with Gasteiger partial charge in [-0.15, -0.1) is 0 Å². The fourth-order valence-corrected chi connectivity index (χ4v) is 3.46. The van der Waals surface area contributed by atoms with Crippen LogP contribution in [0.1, 0.15) is 25.2 Å². The molecule has 1 fully saturated rings. The maximum atomic E-state index is 12.3. The Balaban J connectivity index is 1.50. The topological polar surface area (TPSA) is 84.3 Å². The Morgan fingerprint density at radius 2 is 2.00 bits per heavy atom. The second kappa shape index (κ2) is 9.66. The molecule has 0 aliphatic carbocycles. The van der Waals surface area contributed by atoms with Crippen molar-refractivity contribution >= 4 is 6.03 Å². The lowest BCUT2D eigenvalue weighted by Crippen LogP contribution is -2.52. The number of morpholine rings is 1. The molecule has 152 valence electrons. The summed E-state index contributed by atoms with van der Waals surface area (Å²) in [6.45, 7) is 10.7. The highest BCUT2D eigenvalue weighted by molar-refractivity contribution is 5.73. The zero-order valence-electron chi connectivity index (χ0n) is 16.9. The molecular weight excluding hydrogens is 356 g/mol. The normalized spacial score (nSPS) is 16.1. The van der Waals surface area contributed by atoms with Crippen molar-refractivity contribution in [1.82, 2.24) is 30.1 Å². The molecule has 8 nitrogen and oxygen atoms in total. The zero-order chi connectivity index (χ0) is 19.9. The number of urea groups is 1. The third kappa shape index (κ3) is 5.30. The number of carbonyl (C=O) groups excluding carboxylic acids is 1. The molecule has 0 aromatic carbocycles. The summed E-state index contributed by atoms with van der Waals surface area (Å²) < 4.78 is 7.35. The number of hydrogen-bond acceptors (Lipinski definition) is 5. The molecule has 1 atom stereocenters. The number of aryl methyl sites for hydroxylation is 1. The summed E-state index contributed by atoms with van der Waals surface area (Å²) in [5, 5.41) is 5.96. The van der Waals surface area contributed by atoms with Crippen LogP contribution in [0.15, 0.2) is 30.7 Å². The van der Waals surface area contributed by atoms with Gasteiger partial charge in [0.2, 0.25) is 0 Å². The quantitative estimate of drug-likeness (QED) is 0.757. The molecule has 2 N–H and O–H groups in total. The van der Waals surface area contributed by atoms with E-state index in [0.29, 0.717) is 25.0 Å². The number of nitrogens with zero attached hydrogens (tertiary/aromatic N) is 4. The number of imidazole rings is 1. The number of aromatic nitrogens is 3. The van der Waals surface area contributed by atoms with Gasteiger partial charge >= 0.3 is 6.03 Å². The molecule has 1 saturated heterocycles. The first-order valence-electron chi connectivity index (χ1n) is 9.83. The highest BCUT2D eigenvalue weighted by Crippen LogP contribution is 2.12. The maximum absolute atomic E-state index is 12.3. The van der Waals surface area contributed by atoms with Crippen molar-refractivity contribution in [2.24, 2.45) is 5.92 Å². The van der Waals surface area contributed by atoms with Crippen LogP contribution < -0.4 is 10.6 Å². The largest absolute Gasteiger partial charge is 0.379 e. The van der Waals surface area contributed by atoms with E-state index >= 15 is 0 Å². The highest BCUT2D eigenvalue weighted by Gasteiger charge is 2.24. The predicted molar refractivity (Wildman–Crippen MR) is 107 cm³/mol. The van der Waals surface area contributed by atoms with E-state index in [0.717, 1.165) is 43.5 Å². The molecular formula is C20H30N6O2. The van der Waals surface area contributed by atoms with Crippen LogP contribution in [-0.4, -0.2) is 64.4 Å². The second-order valence-corrected chi connectivity index (χ2v) is 7.39. The monoisotopic (exact) mass is 386 g/mol. The van der Waals surface area contributed by atoms with E-state index in [4.69, 9.17) is 4.74 Å². The highest BCUT2D eigenvalue weighted by atomic mass is 16.5. The van der Waals surface area contributed by atoms with E-state index in [1.165, 1.54) is 0 Å². The van der Waals surface area contributed by atoms with Gasteiger partial charge in [-0.25, -0.2) is 14.8 Å². The molecule has 2 aromatic rings. The minimum absolute atomic E-state index is 0.156. The molecule has 0 bridgehead atoms. The first-order valence-corrected chi connectivity index (χ1v) is 9.83. The number of nitrogens with one attached hydrogen (secondary N) is 2. The van der Waals surface area contributed by atoms with Gasteiger partial charge in [-0.3, -0.25) is 9.47 Å². The third-order valence-corrected chi connectivity index (χ3v) is 5.09. The molecule has 1 unspecified atom stereocenters. The van der Waals surface area contributed by atoms with Crippen molar-refractivity contribution in [1.29, 1.82) is 0 Å². The first kappa shape index (κ1) is 20.3. The van der Waals surface area contributed by atoms with Gasteiger partial charge in [0.25, 0.3) is 0 Å². The van der Waals surface area contributed by atoms with Crippen LogP contribution in [0.5, 0.6) is 0 Å². The van der Waals surface area contributed by atoms with Crippen molar-refractivity contribution in [2.75, 3.05) is 32.8 Å². The van der Waals surface area contributed by atoms with Crippen LogP contribution in [-0.2, 0) is 11.3 Å². The average Bonchev–Trinajstić information content (AvgIpc) is 3.13. The van der Waals surface area contributed by atoms with Gasteiger partial charge in [-0.1, -0.05) is 13.8 Å². The Morgan fingerprint density at radius 1 is 1.21 bits per heavy atom. The van der Waals surface area contributed by atoms with Crippen molar-refractivity contribution in [3.63, 3.8) is 0 Å². The van der Waals surface area contributed by atoms with E-state index in [1.54, 1.807) is 12.4 Å². The minimum Gasteiger partial charge on any atom is -0.379 e. The number of carbonyl (C=O) groups is 1. The molecule has 3 heterocycles. The molecule has 2 aromatic heterocycles. The van der Waals surface area contributed by atoms with E-state index in [2.05, 4.69) is 39.3 Å². The zero-order valence-corrected chi connectivity index (χ0v) is 16.9. The summed E-state index contributed by atoms with van der Waals surface area (Å²) in [6, 6.07) is 4.02. The summed E-state index contributed by atoms with van der Waals surface area (Å²) >= 11 is 0. The predicted octanol–water partition coefficient (Wildman–Crippen LogP) is 1.73. The number of rotatable bonds is 7. The lowest BCUT2D eigenvalue weighted by molar-refractivity contribution is 0.00719. The summed E-state index contributed by atoms with van der Waals surface area (Å²) in [4.78, 5) is 23.3. The van der Waals surface area contributed by atoms with Gasteiger partial charge in [0.15, 0.2) is 0 Å². The van der Waals surface area contributed by atoms with Gasteiger partial charge < -0.3 is 15.4 Å². The van der Waals surface area contributed by atoms with E-state index < -0.39 is 0 Å². The minimum atomic E-state index is -0.156. The van der Waals surface area contributed by atoms with Crippen LogP contribution in [0.4, 0.5) is 4.79 Å². The van der Waals surface area contributed by atoms with Crippen LogP contribution >= 0.6 is 0 Å². The lowest BCUT2D eigenvalue weighted by atomic mass is 10.0. The molecule has 2 amide bonds. The molecule has 28 heavy (non-hydrogen) atoms. The van der Waals surface area contributed by atoms with Crippen LogP contribution in [0, 0.1) is 12.8 Å². The molecule has 8 heteroatoms. The summed E-state index contributed by atoms with van der Waals surface area (Å²) in [5.74, 6) is 2.12. The molecule has 0 spiro atoms. The number of ether oxygens (including phenoxy) is 1. The van der Waals surface area contributed by atoms with E-state index in [1.807, 2.05) is 29.8 Å². The Hall–Kier alpha value is -2.45. The average molecular weight is 387 g/mol. The molecule has 3 rings (SSSR count). The van der Waals surface area contributed by atoms with E-state index in [-0.39, 0.29) is 6.03 Å². The van der Waals surface area contributed by atoms with Crippen molar-refractivity contribution in [2.45, 2.75) is 33.4 Å². The van der Waals surface area contributed by atoms with Crippen LogP contribution in [0.25, 0.3) is 5.82 Å². The Morgan fingerprint density at radius 3 is 2.68 bits per heavy atom. The first-order chi connectivity index (χ1) is 13.5. The molecule has 0 radical (unpaired) electrons. The van der Waals surface area contributed by atoms with Gasteiger partial charge in [-0.05, 0) is 30.5 Å². The fourth-order valence-electron chi connectivity index (χ4n) is 3.46. The van der Waals surface area contributed by atoms with Crippen LogP contribution in [0.2, 0.25) is 0 Å². The van der Waals surface area contributed by atoms with Crippen molar-refractivity contribution in [3.8, 4) is 5.82 Å². The molecule has 1 aliphatic heterocycles. The molecule has 0 saturated carbocycles. The summed E-state index contributed by atoms with van der Waals surface area (Å²) in [7, 11) is 0. The maximum Gasteiger partial charge on any atom is 0.315 e. The fraction of sp³-hybridized carbons (Fsp3) is 0.550.